The fourth-order valence-corrected chi connectivity index (χ4v) is 2.08. The molecule has 18 heavy (non-hydrogen) atoms. The van der Waals surface area contributed by atoms with E-state index in [0.29, 0.717) is 0 Å². The van der Waals surface area contributed by atoms with Crippen LogP contribution in [0.3, 0.4) is 0 Å². The predicted molar refractivity (Wildman–Crippen MR) is 69.9 cm³/mol. The van der Waals surface area contributed by atoms with Gasteiger partial charge in [-0.2, -0.15) is 0 Å². The Bertz CT molecular complexity index is 412. The summed E-state index contributed by atoms with van der Waals surface area (Å²) in [7, 11) is 2.16. The lowest BCUT2D eigenvalue weighted by atomic mass is 10.2. The summed E-state index contributed by atoms with van der Waals surface area (Å²) < 4.78 is 5.53. The maximum Gasteiger partial charge on any atom is 0.260 e. The van der Waals surface area contributed by atoms with Crippen LogP contribution in [0.1, 0.15) is 5.56 Å². The van der Waals surface area contributed by atoms with Crippen LogP contribution >= 0.6 is 0 Å². The van der Waals surface area contributed by atoms with Crippen molar-refractivity contribution in [2.75, 3.05) is 39.8 Å². The Morgan fingerprint density at radius 2 is 2.11 bits per heavy atom. The molecular weight excluding hydrogens is 228 g/mol. The van der Waals surface area contributed by atoms with Gasteiger partial charge in [-0.3, -0.25) is 4.79 Å². The molecule has 1 saturated heterocycles. The zero-order valence-electron chi connectivity index (χ0n) is 11.1. The molecule has 1 fully saturated rings. The minimum Gasteiger partial charge on any atom is -0.484 e. The third-order valence-corrected chi connectivity index (χ3v) is 3.32. The third kappa shape index (κ3) is 3.47. The highest BCUT2D eigenvalue weighted by Crippen LogP contribution is 2.12. The van der Waals surface area contributed by atoms with Crippen LogP contribution < -0.4 is 9.64 Å². The first-order chi connectivity index (χ1) is 8.65. The Labute approximate surface area is 108 Å². The summed E-state index contributed by atoms with van der Waals surface area (Å²) in [6.07, 6.45) is 0. The Hall–Kier alpha value is -1.55. The summed E-state index contributed by atoms with van der Waals surface area (Å²) in [6.45, 7) is 5.87. The molecule has 1 heterocycles. The molecule has 0 radical (unpaired) electrons. The molecule has 1 N–H and O–H groups in total. The summed E-state index contributed by atoms with van der Waals surface area (Å²) >= 11 is 0. The highest BCUT2D eigenvalue weighted by atomic mass is 16.5. The van der Waals surface area contributed by atoms with Crippen LogP contribution in [0.15, 0.2) is 24.3 Å². The quantitative estimate of drug-likeness (QED) is 0.800. The van der Waals surface area contributed by atoms with E-state index in [4.69, 9.17) is 4.74 Å². The molecule has 2 rings (SSSR count). The minimum atomic E-state index is 0.0870. The SMILES string of the molecule is Cc1cccc(OCC(=O)N2CC[NH+](C)CC2)c1. The molecule has 0 aromatic heterocycles. The monoisotopic (exact) mass is 249 g/mol. The molecule has 1 aliphatic rings. The summed E-state index contributed by atoms with van der Waals surface area (Å²) in [4.78, 5) is 15.3. The zero-order valence-corrected chi connectivity index (χ0v) is 11.1. The van der Waals surface area contributed by atoms with Gasteiger partial charge in [0.2, 0.25) is 0 Å². The number of nitrogens with one attached hydrogen (secondary N) is 1. The van der Waals surface area contributed by atoms with Gasteiger partial charge in [-0.1, -0.05) is 12.1 Å². The average Bonchev–Trinajstić information content (AvgIpc) is 2.37. The maximum absolute atomic E-state index is 12.0. The lowest BCUT2D eigenvalue weighted by Crippen LogP contribution is -3.12. The van der Waals surface area contributed by atoms with Gasteiger partial charge in [0.25, 0.3) is 5.91 Å². The first-order valence-corrected chi connectivity index (χ1v) is 6.44. The Kier molecular flexibility index (Phi) is 4.20. The first-order valence-electron chi connectivity index (χ1n) is 6.44. The molecule has 0 bridgehead atoms. The van der Waals surface area contributed by atoms with E-state index in [2.05, 4.69) is 7.05 Å². The number of quaternary nitrogens is 1. The van der Waals surface area contributed by atoms with Gasteiger partial charge in [-0.15, -0.1) is 0 Å². The van der Waals surface area contributed by atoms with Gasteiger partial charge in [0.15, 0.2) is 6.61 Å². The molecule has 1 amide bonds. The highest BCUT2D eigenvalue weighted by Gasteiger charge is 2.21. The van der Waals surface area contributed by atoms with Gasteiger partial charge in [0, 0.05) is 0 Å². The number of benzene rings is 1. The van der Waals surface area contributed by atoms with E-state index >= 15 is 0 Å². The molecule has 1 aromatic carbocycles. The molecule has 4 nitrogen and oxygen atoms in total. The van der Waals surface area contributed by atoms with E-state index in [-0.39, 0.29) is 12.5 Å². The number of rotatable bonds is 3. The van der Waals surface area contributed by atoms with Gasteiger partial charge >= 0.3 is 0 Å². The summed E-state index contributed by atoms with van der Waals surface area (Å²) in [5.74, 6) is 0.854. The largest absolute Gasteiger partial charge is 0.484 e. The zero-order chi connectivity index (χ0) is 13.0. The molecule has 0 spiro atoms. The first kappa shape index (κ1) is 12.9. The number of nitrogens with zero attached hydrogens (tertiary/aromatic N) is 1. The molecule has 98 valence electrons. The van der Waals surface area contributed by atoms with Gasteiger partial charge < -0.3 is 14.5 Å². The number of hydrogen-bond acceptors (Lipinski definition) is 2. The second-order valence-electron chi connectivity index (χ2n) is 4.94. The third-order valence-electron chi connectivity index (χ3n) is 3.32. The number of piperazine rings is 1. The molecule has 1 aliphatic heterocycles. The Morgan fingerprint density at radius 3 is 2.78 bits per heavy atom. The average molecular weight is 249 g/mol. The van der Waals surface area contributed by atoms with Crippen LogP contribution in [0.4, 0.5) is 0 Å². The number of aryl methyl sites for hydroxylation is 1. The maximum atomic E-state index is 12.0. The lowest BCUT2D eigenvalue weighted by molar-refractivity contribution is -0.883. The number of ether oxygens (including phenoxy) is 1. The highest BCUT2D eigenvalue weighted by molar-refractivity contribution is 5.77. The van der Waals surface area contributed by atoms with Crippen molar-refractivity contribution < 1.29 is 14.4 Å². The fourth-order valence-electron chi connectivity index (χ4n) is 2.08. The molecule has 0 atom stereocenters. The Morgan fingerprint density at radius 1 is 1.39 bits per heavy atom. The van der Waals surface area contributed by atoms with Gasteiger partial charge in [0.1, 0.15) is 5.75 Å². The standard InChI is InChI=1S/C14H20N2O2/c1-12-4-3-5-13(10-12)18-11-14(17)16-8-6-15(2)7-9-16/h3-5,10H,6-9,11H2,1-2H3/p+1. The van der Waals surface area contributed by atoms with Crippen molar-refractivity contribution in [2.45, 2.75) is 6.92 Å². The summed E-state index contributed by atoms with van der Waals surface area (Å²) in [5.41, 5.74) is 1.14. The smallest absolute Gasteiger partial charge is 0.260 e. The summed E-state index contributed by atoms with van der Waals surface area (Å²) in [5, 5.41) is 0. The van der Waals surface area contributed by atoms with Crippen molar-refractivity contribution in [1.29, 1.82) is 0 Å². The van der Waals surface area contributed by atoms with Crippen LogP contribution in [0.5, 0.6) is 5.75 Å². The van der Waals surface area contributed by atoms with Crippen molar-refractivity contribution in [2.24, 2.45) is 0 Å². The number of amides is 1. The summed E-state index contributed by atoms with van der Waals surface area (Å²) in [6, 6.07) is 7.78. The van der Waals surface area contributed by atoms with Crippen molar-refractivity contribution in [3.05, 3.63) is 29.8 Å². The molecule has 4 heteroatoms. The van der Waals surface area contributed by atoms with Crippen molar-refractivity contribution in [3.63, 3.8) is 0 Å². The van der Waals surface area contributed by atoms with Gasteiger partial charge in [-0.05, 0) is 24.6 Å². The number of likely N-dealkylation sites (N-methyl/N-ethyl adjacent to an activating group) is 1. The molecule has 0 aliphatic carbocycles. The predicted octanol–water partition coefficient (Wildman–Crippen LogP) is -0.269. The second kappa shape index (κ2) is 5.87. The van der Waals surface area contributed by atoms with Crippen LogP contribution in [0.25, 0.3) is 0 Å². The van der Waals surface area contributed by atoms with Crippen LogP contribution in [0.2, 0.25) is 0 Å². The van der Waals surface area contributed by atoms with Crippen molar-refractivity contribution >= 4 is 5.91 Å². The van der Waals surface area contributed by atoms with E-state index in [1.54, 1.807) is 0 Å². The molecule has 0 saturated carbocycles. The van der Waals surface area contributed by atoms with Crippen LogP contribution in [0, 0.1) is 6.92 Å². The number of hydrogen-bond donors (Lipinski definition) is 1. The van der Waals surface area contributed by atoms with Gasteiger partial charge in [-0.25, -0.2) is 0 Å². The Balaban J connectivity index is 1.81. The van der Waals surface area contributed by atoms with E-state index in [9.17, 15) is 4.79 Å². The molecule has 0 unspecified atom stereocenters. The second-order valence-corrected chi connectivity index (χ2v) is 4.94. The van der Waals surface area contributed by atoms with Crippen LogP contribution in [-0.4, -0.2) is 50.6 Å². The van der Waals surface area contributed by atoms with Crippen LogP contribution in [-0.2, 0) is 4.79 Å². The fraction of sp³-hybridized carbons (Fsp3) is 0.500. The van der Waals surface area contributed by atoms with E-state index in [1.165, 1.54) is 4.90 Å². The number of carbonyl (C=O) groups excluding carboxylic acids is 1. The van der Waals surface area contributed by atoms with Gasteiger partial charge in [0.05, 0.1) is 33.2 Å². The topological polar surface area (TPSA) is 34.0 Å². The van der Waals surface area contributed by atoms with Crippen molar-refractivity contribution in [3.8, 4) is 5.75 Å². The number of carbonyl (C=O) groups is 1. The van der Waals surface area contributed by atoms with E-state index in [0.717, 1.165) is 37.5 Å². The van der Waals surface area contributed by atoms with E-state index < -0.39 is 0 Å². The lowest BCUT2D eigenvalue weighted by Gasteiger charge is -2.29. The van der Waals surface area contributed by atoms with Crippen molar-refractivity contribution in [1.82, 2.24) is 4.90 Å². The minimum absolute atomic E-state index is 0.0870. The molecule has 1 aromatic rings. The normalized spacial score (nSPS) is 16.7. The van der Waals surface area contributed by atoms with E-state index in [1.807, 2.05) is 36.1 Å². The molecular formula is C14H21N2O2+.